The summed E-state index contributed by atoms with van der Waals surface area (Å²) in [6.07, 6.45) is 1.61. The molecule has 1 aromatic heterocycles. The van der Waals surface area contributed by atoms with E-state index < -0.39 is 0 Å². The molecule has 0 saturated carbocycles. The van der Waals surface area contributed by atoms with E-state index in [-0.39, 0.29) is 23.9 Å². The molecule has 4 rings (SSSR count). The normalized spacial score (nSPS) is 19.0. The molecule has 2 heterocycles. The van der Waals surface area contributed by atoms with E-state index in [2.05, 4.69) is 39.6 Å². The molecular weight excluding hydrogens is 352 g/mol. The van der Waals surface area contributed by atoms with Crippen molar-refractivity contribution in [2.45, 2.75) is 31.8 Å². The van der Waals surface area contributed by atoms with Crippen molar-refractivity contribution in [3.05, 3.63) is 76.2 Å². The fourth-order valence-corrected chi connectivity index (χ4v) is 3.87. The molecule has 1 fully saturated rings. The van der Waals surface area contributed by atoms with Crippen LogP contribution >= 0.6 is 0 Å². The zero-order chi connectivity index (χ0) is 19.3. The van der Waals surface area contributed by atoms with E-state index in [1.807, 2.05) is 30.3 Å². The summed E-state index contributed by atoms with van der Waals surface area (Å²) in [6, 6.07) is 18.1. The second-order valence-corrected chi connectivity index (χ2v) is 7.45. The van der Waals surface area contributed by atoms with Crippen molar-refractivity contribution in [3.63, 3.8) is 0 Å². The molecule has 1 aliphatic rings. The van der Waals surface area contributed by atoms with E-state index in [0.29, 0.717) is 17.6 Å². The van der Waals surface area contributed by atoms with Crippen LogP contribution < -0.4 is 15.8 Å². The Labute approximate surface area is 163 Å². The Morgan fingerprint density at radius 3 is 2.79 bits per heavy atom. The summed E-state index contributed by atoms with van der Waals surface area (Å²) < 4.78 is 0. The van der Waals surface area contributed by atoms with Crippen LogP contribution in [-0.2, 0) is 17.8 Å². The Morgan fingerprint density at radius 2 is 1.93 bits per heavy atom. The highest BCUT2D eigenvalue weighted by Crippen LogP contribution is 2.07. The first kappa shape index (κ1) is 18.4. The minimum absolute atomic E-state index is 0.0136. The van der Waals surface area contributed by atoms with Crippen LogP contribution in [0.3, 0.4) is 0 Å². The Kier molecular flexibility index (Phi) is 5.48. The van der Waals surface area contributed by atoms with Gasteiger partial charge in [0, 0.05) is 24.8 Å². The molecule has 1 amide bonds. The molecule has 0 bridgehead atoms. The number of carbonyl (C=O) groups is 1. The molecule has 144 valence electrons. The number of quaternary nitrogens is 1. The molecule has 28 heavy (non-hydrogen) atoms. The van der Waals surface area contributed by atoms with Gasteiger partial charge in [-0.05, 0) is 12.1 Å². The molecule has 6 heteroatoms. The molecule has 1 unspecified atom stereocenters. The highest BCUT2D eigenvalue weighted by molar-refractivity contribution is 5.77. The maximum atomic E-state index is 12.4. The first-order chi connectivity index (χ1) is 13.7. The van der Waals surface area contributed by atoms with E-state index in [9.17, 15) is 9.59 Å². The largest absolute Gasteiger partial charge is 0.347 e. The summed E-state index contributed by atoms with van der Waals surface area (Å²) in [5.41, 5.74) is 2.98. The number of aromatic nitrogens is 2. The number of benzene rings is 2. The maximum Gasteiger partial charge on any atom is 0.270 e. The van der Waals surface area contributed by atoms with Gasteiger partial charge in [0.25, 0.3) is 5.56 Å². The van der Waals surface area contributed by atoms with Crippen LogP contribution in [0.25, 0.3) is 11.0 Å². The van der Waals surface area contributed by atoms with E-state index in [1.165, 1.54) is 10.5 Å². The van der Waals surface area contributed by atoms with Crippen molar-refractivity contribution in [2.75, 3.05) is 13.1 Å². The van der Waals surface area contributed by atoms with Gasteiger partial charge in [-0.1, -0.05) is 42.5 Å². The lowest BCUT2D eigenvalue weighted by Crippen LogP contribution is -3.09. The van der Waals surface area contributed by atoms with Crippen LogP contribution in [0.4, 0.5) is 0 Å². The number of hydrogen-bond acceptors (Lipinski definition) is 3. The molecule has 3 aromatic rings. The number of hydrogen-bond donors (Lipinski definition) is 3. The minimum atomic E-state index is -0.217. The van der Waals surface area contributed by atoms with Crippen LogP contribution in [-0.4, -0.2) is 35.0 Å². The summed E-state index contributed by atoms with van der Waals surface area (Å²) in [5.74, 6) is -0.0136. The van der Waals surface area contributed by atoms with Gasteiger partial charge < -0.3 is 15.2 Å². The second kappa shape index (κ2) is 8.35. The van der Waals surface area contributed by atoms with Gasteiger partial charge in [-0.15, -0.1) is 0 Å². The smallest absolute Gasteiger partial charge is 0.270 e. The summed E-state index contributed by atoms with van der Waals surface area (Å²) in [6.45, 7) is 2.99. The van der Waals surface area contributed by atoms with Crippen molar-refractivity contribution < 1.29 is 9.69 Å². The molecule has 3 N–H and O–H groups in total. The summed E-state index contributed by atoms with van der Waals surface area (Å²) in [5, 5.41) is 3.12. The van der Waals surface area contributed by atoms with Crippen LogP contribution in [0.2, 0.25) is 0 Å². The van der Waals surface area contributed by atoms with Gasteiger partial charge in [0.05, 0.1) is 30.2 Å². The number of para-hydroxylation sites is 2. The van der Waals surface area contributed by atoms with Gasteiger partial charge in [-0.3, -0.25) is 9.59 Å². The first-order valence-electron chi connectivity index (χ1n) is 9.82. The molecule has 0 radical (unpaired) electrons. The van der Waals surface area contributed by atoms with Gasteiger partial charge in [-0.25, -0.2) is 4.98 Å². The van der Waals surface area contributed by atoms with Crippen molar-refractivity contribution >= 4 is 16.9 Å². The van der Waals surface area contributed by atoms with Gasteiger partial charge in [0.2, 0.25) is 5.91 Å². The van der Waals surface area contributed by atoms with Crippen LogP contribution in [0.1, 0.15) is 24.1 Å². The van der Waals surface area contributed by atoms with Gasteiger partial charge in [-0.2, -0.15) is 0 Å². The molecule has 0 aliphatic carbocycles. The van der Waals surface area contributed by atoms with Gasteiger partial charge in [0.1, 0.15) is 12.2 Å². The van der Waals surface area contributed by atoms with E-state index in [4.69, 9.17) is 0 Å². The number of H-pyrrole nitrogens is 1. The molecular formula is C22H25N4O2+. The third-order valence-corrected chi connectivity index (χ3v) is 5.30. The lowest BCUT2D eigenvalue weighted by Gasteiger charge is -2.14. The molecule has 0 spiro atoms. The lowest BCUT2D eigenvalue weighted by molar-refractivity contribution is -0.901. The molecule has 2 aromatic carbocycles. The number of likely N-dealkylation sites (tertiary alicyclic amines) is 1. The number of aryl methyl sites for hydroxylation is 1. The Balaban J connectivity index is 1.28. The zero-order valence-corrected chi connectivity index (χ0v) is 15.8. The maximum absolute atomic E-state index is 12.4. The standard InChI is InChI=1S/C22H24N4O2/c27-21(11-10-20-22(28)25-19-9-5-4-8-18(19)24-20)23-17-12-13-26(15-17)14-16-6-2-1-3-7-16/h1-9,17H,10-15H2,(H,23,27)(H,25,28)/p+1/t17-/m0/s1. The Hall–Kier alpha value is -2.99. The molecule has 1 aliphatic heterocycles. The average Bonchev–Trinajstić information content (AvgIpc) is 3.13. The van der Waals surface area contributed by atoms with Crippen molar-refractivity contribution in [2.24, 2.45) is 0 Å². The van der Waals surface area contributed by atoms with Crippen LogP contribution in [0.15, 0.2) is 59.4 Å². The lowest BCUT2D eigenvalue weighted by atomic mass is 10.2. The topological polar surface area (TPSA) is 79.3 Å². The number of nitrogens with zero attached hydrogens (tertiary/aromatic N) is 1. The quantitative estimate of drug-likeness (QED) is 0.595. The summed E-state index contributed by atoms with van der Waals surface area (Å²) in [7, 11) is 0. The number of nitrogens with one attached hydrogen (secondary N) is 3. The summed E-state index contributed by atoms with van der Waals surface area (Å²) in [4.78, 5) is 33.2. The number of aromatic amines is 1. The van der Waals surface area contributed by atoms with Gasteiger partial charge >= 0.3 is 0 Å². The Morgan fingerprint density at radius 1 is 1.14 bits per heavy atom. The fraction of sp³-hybridized carbons (Fsp3) is 0.318. The van der Waals surface area contributed by atoms with Crippen molar-refractivity contribution in [3.8, 4) is 0 Å². The molecule has 1 saturated heterocycles. The number of rotatable bonds is 6. The minimum Gasteiger partial charge on any atom is -0.347 e. The van der Waals surface area contributed by atoms with Crippen LogP contribution in [0, 0.1) is 0 Å². The molecule has 2 atom stereocenters. The molecule has 6 nitrogen and oxygen atoms in total. The highest BCUT2D eigenvalue weighted by atomic mass is 16.1. The zero-order valence-electron chi connectivity index (χ0n) is 15.8. The second-order valence-electron chi connectivity index (χ2n) is 7.45. The number of carbonyl (C=O) groups excluding carboxylic acids is 1. The van der Waals surface area contributed by atoms with E-state index in [0.717, 1.165) is 31.6 Å². The SMILES string of the molecule is O=C(CCc1nc2ccccc2[nH]c1=O)N[C@H]1CC[NH+](Cc2ccccc2)C1. The van der Waals surface area contributed by atoms with Crippen molar-refractivity contribution in [1.82, 2.24) is 15.3 Å². The first-order valence-corrected chi connectivity index (χ1v) is 9.82. The van der Waals surface area contributed by atoms with E-state index >= 15 is 0 Å². The average molecular weight is 377 g/mol. The van der Waals surface area contributed by atoms with Gasteiger partial charge in [0.15, 0.2) is 0 Å². The number of amides is 1. The summed E-state index contributed by atoms with van der Waals surface area (Å²) >= 11 is 0. The third kappa shape index (κ3) is 4.46. The van der Waals surface area contributed by atoms with Crippen LogP contribution in [0.5, 0.6) is 0 Å². The predicted molar refractivity (Wildman–Crippen MR) is 108 cm³/mol. The monoisotopic (exact) mass is 377 g/mol. The highest BCUT2D eigenvalue weighted by Gasteiger charge is 2.27. The third-order valence-electron chi connectivity index (χ3n) is 5.30. The Bertz CT molecular complexity index is 1020. The van der Waals surface area contributed by atoms with Crippen molar-refractivity contribution in [1.29, 1.82) is 0 Å². The number of fused-ring (bicyclic) bond motifs is 1. The predicted octanol–water partition coefficient (Wildman–Crippen LogP) is 0.829. The van der Waals surface area contributed by atoms with E-state index in [1.54, 1.807) is 0 Å². The fourth-order valence-electron chi connectivity index (χ4n) is 3.87.